The Hall–Kier alpha value is -2.97. The van der Waals surface area contributed by atoms with Crippen LogP contribution in [0.15, 0.2) is 47.1 Å². The Balaban J connectivity index is 1.56. The molecule has 5 rings (SSSR count). The normalized spacial score (nSPS) is 16.0. The van der Waals surface area contributed by atoms with Crippen molar-refractivity contribution in [2.75, 3.05) is 19.4 Å². The Labute approximate surface area is 181 Å². The van der Waals surface area contributed by atoms with Gasteiger partial charge in [-0.25, -0.2) is 4.98 Å². The second-order valence-electron chi connectivity index (χ2n) is 7.55. The minimum absolute atomic E-state index is 0.0755. The van der Waals surface area contributed by atoms with Gasteiger partial charge in [-0.1, -0.05) is 22.0 Å². The zero-order valence-corrected chi connectivity index (χ0v) is 18.2. The predicted octanol–water partition coefficient (Wildman–Crippen LogP) is 3.81. The van der Waals surface area contributed by atoms with Crippen LogP contribution in [0.25, 0.3) is 21.8 Å². The third kappa shape index (κ3) is 2.95. The summed E-state index contributed by atoms with van der Waals surface area (Å²) in [5.74, 6) is 0.359. The van der Waals surface area contributed by atoms with Crippen LogP contribution in [-0.4, -0.2) is 39.2 Å². The van der Waals surface area contributed by atoms with Crippen molar-refractivity contribution in [3.63, 3.8) is 0 Å². The van der Waals surface area contributed by atoms with E-state index in [-0.39, 0.29) is 11.9 Å². The number of pyridine rings is 1. The number of nitrogens with two attached hydrogens (primary N) is 1. The fourth-order valence-electron chi connectivity index (χ4n) is 4.15. The summed E-state index contributed by atoms with van der Waals surface area (Å²) in [6.45, 7) is 1.02. The molecule has 2 aromatic heterocycles. The van der Waals surface area contributed by atoms with E-state index >= 15 is 0 Å². The number of carbonyl (C=O) groups excluding carboxylic acids is 1. The predicted molar refractivity (Wildman–Crippen MR) is 119 cm³/mol. The van der Waals surface area contributed by atoms with Crippen LogP contribution in [0, 0.1) is 0 Å². The van der Waals surface area contributed by atoms with Crippen LogP contribution in [0.3, 0.4) is 0 Å². The smallest absolute Gasteiger partial charge is 0.254 e. The molecule has 0 unspecified atom stereocenters. The summed E-state index contributed by atoms with van der Waals surface area (Å²) >= 11 is 3.51. The molecule has 0 fully saturated rings. The molecule has 0 spiro atoms. The SMILES string of the molecule is CN(C(=O)c1ccc2nc(N)c3cnn(C)c3c2c1)[C@H]1COCc2cc(Br)ccc21. The largest absolute Gasteiger partial charge is 0.383 e. The molecule has 4 aromatic rings. The fraction of sp³-hybridized carbons (Fsp3) is 0.227. The molecule has 152 valence electrons. The van der Waals surface area contributed by atoms with Crippen LogP contribution in [0.1, 0.15) is 27.5 Å². The molecule has 7 nitrogen and oxygen atoms in total. The molecule has 1 aliphatic rings. The van der Waals surface area contributed by atoms with Gasteiger partial charge in [-0.15, -0.1) is 0 Å². The van der Waals surface area contributed by atoms with Gasteiger partial charge in [0.15, 0.2) is 0 Å². The van der Waals surface area contributed by atoms with Gasteiger partial charge >= 0.3 is 0 Å². The number of hydrogen-bond acceptors (Lipinski definition) is 5. The van der Waals surface area contributed by atoms with Crippen molar-refractivity contribution in [2.45, 2.75) is 12.6 Å². The van der Waals surface area contributed by atoms with E-state index in [0.29, 0.717) is 24.6 Å². The molecule has 8 heteroatoms. The number of fused-ring (bicyclic) bond motifs is 4. The number of aromatic nitrogens is 3. The van der Waals surface area contributed by atoms with E-state index < -0.39 is 0 Å². The summed E-state index contributed by atoms with van der Waals surface area (Å²) in [4.78, 5) is 19.6. The van der Waals surface area contributed by atoms with Crippen molar-refractivity contribution < 1.29 is 9.53 Å². The number of likely N-dealkylation sites (N-methyl/N-ethyl adjacent to an activating group) is 1. The molecule has 2 aromatic carbocycles. The van der Waals surface area contributed by atoms with Crippen LogP contribution in [0.4, 0.5) is 5.82 Å². The summed E-state index contributed by atoms with van der Waals surface area (Å²) in [6.07, 6.45) is 1.70. The molecule has 0 saturated heterocycles. The standard InChI is InChI=1S/C22H20BrN5O2/c1-27(19-11-30-10-13-7-14(23)4-5-15(13)19)22(29)12-3-6-18-16(8-12)20-17(21(24)26-18)9-25-28(20)2/h3-9,19H,10-11H2,1-2H3,(H2,24,26)/t19-/m0/s1. The Bertz CT molecular complexity index is 1320. The first-order valence-electron chi connectivity index (χ1n) is 9.58. The maximum absolute atomic E-state index is 13.4. The van der Waals surface area contributed by atoms with Gasteiger partial charge in [0.1, 0.15) is 5.82 Å². The van der Waals surface area contributed by atoms with Crippen LogP contribution < -0.4 is 5.73 Å². The highest BCUT2D eigenvalue weighted by Gasteiger charge is 2.28. The molecule has 2 N–H and O–H groups in total. The molecule has 1 amide bonds. The van der Waals surface area contributed by atoms with Gasteiger partial charge in [0.2, 0.25) is 0 Å². The molecule has 1 atom stereocenters. The number of aryl methyl sites for hydroxylation is 1. The maximum Gasteiger partial charge on any atom is 0.254 e. The number of nitrogens with zero attached hydrogens (tertiary/aromatic N) is 4. The Morgan fingerprint density at radius 1 is 1.27 bits per heavy atom. The van der Waals surface area contributed by atoms with Gasteiger partial charge in [0, 0.05) is 29.5 Å². The first kappa shape index (κ1) is 19.0. The number of benzene rings is 2. The van der Waals surface area contributed by atoms with Gasteiger partial charge in [0.05, 0.1) is 41.9 Å². The van der Waals surface area contributed by atoms with Crippen molar-refractivity contribution in [1.82, 2.24) is 19.7 Å². The Morgan fingerprint density at radius 3 is 2.93 bits per heavy atom. The molecular formula is C22H20BrN5O2. The van der Waals surface area contributed by atoms with Crippen molar-refractivity contribution in [3.8, 4) is 0 Å². The molecule has 3 heterocycles. The van der Waals surface area contributed by atoms with Crippen molar-refractivity contribution in [1.29, 1.82) is 0 Å². The minimum Gasteiger partial charge on any atom is -0.383 e. The van der Waals surface area contributed by atoms with E-state index in [1.165, 1.54) is 0 Å². The Morgan fingerprint density at radius 2 is 2.10 bits per heavy atom. The zero-order chi connectivity index (χ0) is 21.0. The fourth-order valence-corrected chi connectivity index (χ4v) is 4.56. The molecular weight excluding hydrogens is 446 g/mol. The highest BCUT2D eigenvalue weighted by Crippen LogP contribution is 2.33. The lowest BCUT2D eigenvalue weighted by Crippen LogP contribution is -2.36. The van der Waals surface area contributed by atoms with Crippen LogP contribution in [-0.2, 0) is 18.4 Å². The maximum atomic E-state index is 13.4. The van der Waals surface area contributed by atoms with Crippen LogP contribution in [0.2, 0.25) is 0 Å². The second-order valence-corrected chi connectivity index (χ2v) is 8.47. The lowest BCUT2D eigenvalue weighted by molar-refractivity contribution is 0.0346. The quantitative estimate of drug-likeness (QED) is 0.486. The number of carbonyl (C=O) groups is 1. The van der Waals surface area contributed by atoms with Crippen LogP contribution in [0.5, 0.6) is 0 Å². The zero-order valence-electron chi connectivity index (χ0n) is 16.6. The summed E-state index contributed by atoms with van der Waals surface area (Å²) in [5.41, 5.74) is 10.5. The van der Waals surface area contributed by atoms with Crippen LogP contribution >= 0.6 is 15.9 Å². The number of nitrogen functional groups attached to an aromatic ring is 1. The first-order chi connectivity index (χ1) is 14.4. The molecule has 1 aliphatic heterocycles. The van der Waals surface area contributed by atoms with Gasteiger partial charge in [-0.05, 0) is 41.5 Å². The summed E-state index contributed by atoms with van der Waals surface area (Å²) in [6, 6.07) is 11.5. The van der Waals surface area contributed by atoms with Gasteiger partial charge in [-0.3, -0.25) is 9.48 Å². The molecule has 0 bridgehead atoms. The van der Waals surface area contributed by atoms with E-state index in [1.807, 2.05) is 38.4 Å². The molecule has 0 saturated carbocycles. The number of ether oxygens (including phenoxy) is 1. The lowest BCUT2D eigenvalue weighted by atomic mass is 9.97. The van der Waals surface area contributed by atoms with Crippen molar-refractivity contribution >= 4 is 49.5 Å². The minimum atomic E-state index is -0.147. The lowest BCUT2D eigenvalue weighted by Gasteiger charge is -2.33. The third-order valence-corrected chi connectivity index (χ3v) is 6.23. The number of amides is 1. The third-order valence-electron chi connectivity index (χ3n) is 5.74. The highest BCUT2D eigenvalue weighted by atomic mass is 79.9. The van der Waals surface area contributed by atoms with Gasteiger partial charge in [-0.2, -0.15) is 5.10 Å². The average molecular weight is 466 g/mol. The van der Waals surface area contributed by atoms with E-state index in [4.69, 9.17) is 10.5 Å². The van der Waals surface area contributed by atoms with E-state index in [2.05, 4.69) is 32.1 Å². The average Bonchev–Trinajstić information content (AvgIpc) is 3.14. The summed E-state index contributed by atoms with van der Waals surface area (Å²) in [7, 11) is 3.68. The van der Waals surface area contributed by atoms with Crippen molar-refractivity contribution in [3.05, 3.63) is 63.8 Å². The number of anilines is 1. The topological polar surface area (TPSA) is 86.3 Å². The van der Waals surface area contributed by atoms with Crippen molar-refractivity contribution in [2.24, 2.45) is 7.05 Å². The number of halogens is 1. The molecule has 0 aliphatic carbocycles. The number of hydrogen-bond donors (Lipinski definition) is 1. The number of rotatable bonds is 2. The van der Waals surface area contributed by atoms with E-state index in [0.717, 1.165) is 37.4 Å². The highest BCUT2D eigenvalue weighted by molar-refractivity contribution is 9.10. The summed E-state index contributed by atoms with van der Waals surface area (Å²) < 4.78 is 8.53. The molecule has 0 radical (unpaired) electrons. The van der Waals surface area contributed by atoms with Gasteiger partial charge in [0.25, 0.3) is 5.91 Å². The molecule has 30 heavy (non-hydrogen) atoms. The van der Waals surface area contributed by atoms with Gasteiger partial charge < -0.3 is 15.4 Å². The Kier molecular flexibility index (Phi) is 4.48. The monoisotopic (exact) mass is 465 g/mol. The first-order valence-corrected chi connectivity index (χ1v) is 10.4. The van der Waals surface area contributed by atoms with E-state index in [9.17, 15) is 4.79 Å². The van der Waals surface area contributed by atoms with E-state index in [1.54, 1.807) is 21.8 Å². The second kappa shape index (κ2) is 7.07. The summed E-state index contributed by atoms with van der Waals surface area (Å²) in [5, 5.41) is 5.93.